The van der Waals surface area contributed by atoms with Gasteiger partial charge in [-0.3, -0.25) is 15.1 Å². The normalized spacial score (nSPS) is 12.8. The van der Waals surface area contributed by atoms with Crippen LogP contribution >= 0.6 is 0 Å². The molecular formula is C12H18N2O3. The van der Waals surface area contributed by atoms with Crippen molar-refractivity contribution in [1.29, 1.82) is 0 Å². The van der Waals surface area contributed by atoms with Gasteiger partial charge in [-0.2, -0.15) is 0 Å². The zero-order valence-corrected chi connectivity index (χ0v) is 10.4. The van der Waals surface area contributed by atoms with Gasteiger partial charge in [0, 0.05) is 18.2 Å². The molecule has 0 radical (unpaired) electrons. The van der Waals surface area contributed by atoms with Crippen LogP contribution in [0.3, 0.4) is 0 Å². The average molecular weight is 238 g/mol. The van der Waals surface area contributed by atoms with Crippen LogP contribution in [0.1, 0.15) is 31.5 Å². The first-order chi connectivity index (χ1) is 7.91. The molecule has 0 aromatic carbocycles. The largest absolute Gasteiger partial charge is 0.393 e. The molecule has 1 N–H and O–H groups in total. The van der Waals surface area contributed by atoms with E-state index in [0.29, 0.717) is 23.6 Å². The molecular weight excluding hydrogens is 220 g/mol. The van der Waals surface area contributed by atoms with Crippen LogP contribution in [0.25, 0.3) is 0 Å². The maximum Gasteiger partial charge on any atom is 0.293 e. The van der Waals surface area contributed by atoms with Gasteiger partial charge < -0.3 is 5.11 Å². The van der Waals surface area contributed by atoms with Crippen molar-refractivity contribution in [2.45, 2.75) is 39.7 Å². The number of pyridine rings is 1. The van der Waals surface area contributed by atoms with Crippen molar-refractivity contribution in [2.75, 3.05) is 0 Å². The van der Waals surface area contributed by atoms with Crippen molar-refractivity contribution in [3.8, 4) is 0 Å². The second kappa shape index (κ2) is 5.72. The van der Waals surface area contributed by atoms with Crippen molar-refractivity contribution < 1.29 is 10.0 Å². The van der Waals surface area contributed by atoms with Gasteiger partial charge in [0.1, 0.15) is 5.69 Å². The van der Waals surface area contributed by atoms with Crippen molar-refractivity contribution in [2.24, 2.45) is 5.92 Å². The van der Waals surface area contributed by atoms with Crippen LogP contribution in [0, 0.1) is 23.0 Å². The van der Waals surface area contributed by atoms with E-state index in [0.717, 1.165) is 0 Å². The van der Waals surface area contributed by atoms with Crippen LogP contribution in [-0.4, -0.2) is 21.1 Å². The molecule has 0 aliphatic carbocycles. The van der Waals surface area contributed by atoms with Gasteiger partial charge in [-0.1, -0.05) is 13.8 Å². The summed E-state index contributed by atoms with van der Waals surface area (Å²) in [4.78, 5) is 14.5. The Morgan fingerprint density at radius 1 is 1.53 bits per heavy atom. The molecule has 1 heterocycles. The Balaban J connectivity index is 2.91. The highest BCUT2D eigenvalue weighted by Gasteiger charge is 2.21. The zero-order valence-electron chi connectivity index (χ0n) is 10.4. The third-order valence-corrected chi connectivity index (χ3v) is 2.56. The number of rotatable bonds is 5. The molecule has 0 saturated heterocycles. The fourth-order valence-corrected chi connectivity index (χ4v) is 1.86. The highest BCUT2D eigenvalue weighted by atomic mass is 16.6. The summed E-state index contributed by atoms with van der Waals surface area (Å²) >= 11 is 0. The van der Waals surface area contributed by atoms with E-state index in [1.807, 2.05) is 13.8 Å². The fraction of sp³-hybridized carbons (Fsp3) is 0.583. The molecule has 0 amide bonds. The molecule has 17 heavy (non-hydrogen) atoms. The Morgan fingerprint density at radius 3 is 2.71 bits per heavy atom. The summed E-state index contributed by atoms with van der Waals surface area (Å²) in [7, 11) is 0. The highest BCUT2D eigenvalue weighted by molar-refractivity contribution is 5.43. The third kappa shape index (κ3) is 3.78. The zero-order chi connectivity index (χ0) is 13.0. The molecule has 0 bridgehead atoms. The minimum Gasteiger partial charge on any atom is -0.393 e. The topological polar surface area (TPSA) is 76.3 Å². The molecule has 94 valence electrons. The molecule has 1 unspecified atom stereocenters. The number of hydrogen-bond donors (Lipinski definition) is 1. The molecule has 0 aliphatic rings. The van der Waals surface area contributed by atoms with Gasteiger partial charge in [0.25, 0.3) is 5.69 Å². The van der Waals surface area contributed by atoms with Crippen LogP contribution < -0.4 is 0 Å². The van der Waals surface area contributed by atoms with Gasteiger partial charge in [0.05, 0.1) is 11.0 Å². The first-order valence-corrected chi connectivity index (χ1v) is 5.68. The van der Waals surface area contributed by atoms with Gasteiger partial charge in [-0.15, -0.1) is 0 Å². The van der Waals surface area contributed by atoms with Gasteiger partial charge in [0.2, 0.25) is 0 Å². The molecule has 0 aliphatic heterocycles. The number of aliphatic hydroxyl groups is 1. The number of hydrogen-bond acceptors (Lipinski definition) is 4. The summed E-state index contributed by atoms with van der Waals surface area (Å²) in [5, 5.41) is 20.7. The van der Waals surface area contributed by atoms with Crippen molar-refractivity contribution in [3.05, 3.63) is 33.6 Å². The van der Waals surface area contributed by atoms with Gasteiger partial charge in [-0.05, 0) is 25.3 Å². The van der Waals surface area contributed by atoms with E-state index in [9.17, 15) is 15.2 Å². The second-order valence-electron chi connectivity index (χ2n) is 4.67. The quantitative estimate of drug-likeness (QED) is 0.630. The Bertz CT molecular complexity index is 405. The van der Waals surface area contributed by atoms with E-state index in [-0.39, 0.29) is 12.1 Å². The highest BCUT2D eigenvalue weighted by Crippen LogP contribution is 2.23. The lowest BCUT2D eigenvalue weighted by Gasteiger charge is -2.12. The van der Waals surface area contributed by atoms with Crippen LogP contribution in [0.4, 0.5) is 5.69 Å². The molecule has 0 spiro atoms. The monoisotopic (exact) mass is 238 g/mol. The van der Waals surface area contributed by atoms with E-state index in [4.69, 9.17) is 0 Å². The lowest BCUT2D eigenvalue weighted by molar-refractivity contribution is -0.386. The molecule has 1 aromatic heterocycles. The van der Waals surface area contributed by atoms with Gasteiger partial charge in [-0.25, -0.2) is 0 Å². The Kier molecular flexibility index (Phi) is 4.57. The van der Waals surface area contributed by atoms with E-state index < -0.39 is 11.0 Å². The van der Waals surface area contributed by atoms with Crippen LogP contribution in [-0.2, 0) is 6.42 Å². The summed E-state index contributed by atoms with van der Waals surface area (Å²) in [5.41, 5.74) is 0.968. The van der Waals surface area contributed by atoms with Gasteiger partial charge in [0.15, 0.2) is 0 Å². The minimum absolute atomic E-state index is 0.0234. The van der Waals surface area contributed by atoms with Crippen molar-refractivity contribution in [1.82, 2.24) is 4.98 Å². The van der Waals surface area contributed by atoms with Crippen LogP contribution in [0.2, 0.25) is 0 Å². The molecule has 1 aromatic rings. The second-order valence-corrected chi connectivity index (χ2v) is 4.67. The smallest absolute Gasteiger partial charge is 0.293 e. The Morgan fingerprint density at radius 2 is 2.18 bits per heavy atom. The minimum atomic E-state index is -0.581. The molecule has 5 nitrogen and oxygen atoms in total. The van der Waals surface area contributed by atoms with Crippen LogP contribution in [0.15, 0.2) is 12.3 Å². The average Bonchev–Trinajstić information content (AvgIpc) is 2.15. The lowest BCUT2D eigenvalue weighted by atomic mass is 10.0. The Hall–Kier alpha value is -1.49. The number of aryl methyl sites for hydroxylation is 1. The fourth-order valence-electron chi connectivity index (χ4n) is 1.86. The number of nitrogens with zero attached hydrogens (tertiary/aromatic N) is 2. The lowest BCUT2D eigenvalue weighted by Crippen LogP contribution is -2.15. The summed E-state index contributed by atoms with van der Waals surface area (Å²) in [6.07, 6.45) is 1.81. The number of aliphatic hydroxyl groups excluding tert-OH is 1. The molecule has 1 atom stereocenters. The summed E-state index contributed by atoms with van der Waals surface area (Å²) in [6.45, 7) is 5.68. The first kappa shape index (κ1) is 13.6. The number of aromatic nitrogens is 1. The maximum absolute atomic E-state index is 10.9. The predicted octanol–water partition coefficient (Wildman–Crippen LogP) is 2.25. The molecule has 0 saturated carbocycles. The Labute approximate surface area is 101 Å². The molecule has 5 heteroatoms. The van der Waals surface area contributed by atoms with Gasteiger partial charge >= 0.3 is 0 Å². The first-order valence-electron chi connectivity index (χ1n) is 5.68. The molecule has 0 fully saturated rings. The maximum atomic E-state index is 10.9. The standard InChI is InChI=1S/C12H18N2O3/c1-8(2)6-10(15)7-11-12(14(16)17)9(3)4-5-13-11/h4-5,8,10,15H,6-7H2,1-3H3. The third-order valence-electron chi connectivity index (χ3n) is 2.56. The SMILES string of the molecule is Cc1ccnc(CC(O)CC(C)C)c1[N+](=O)[O-]. The molecule has 1 rings (SSSR count). The summed E-state index contributed by atoms with van der Waals surface area (Å²) in [6, 6.07) is 1.61. The predicted molar refractivity (Wildman–Crippen MR) is 64.8 cm³/mol. The van der Waals surface area contributed by atoms with E-state index >= 15 is 0 Å². The number of nitro groups is 1. The van der Waals surface area contributed by atoms with E-state index in [1.54, 1.807) is 19.2 Å². The van der Waals surface area contributed by atoms with Crippen molar-refractivity contribution >= 4 is 5.69 Å². The van der Waals surface area contributed by atoms with Crippen LogP contribution in [0.5, 0.6) is 0 Å². The van der Waals surface area contributed by atoms with Crippen molar-refractivity contribution in [3.63, 3.8) is 0 Å². The summed E-state index contributed by atoms with van der Waals surface area (Å²) < 4.78 is 0. The summed E-state index contributed by atoms with van der Waals surface area (Å²) in [5.74, 6) is 0.355. The van der Waals surface area contributed by atoms with E-state index in [2.05, 4.69) is 4.98 Å². The van der Waals surface area contributed by atoms with E-state index in [1.165, 1.54) is 0 Å².